The monoisotopic (exact) mass is 238 g/mol. The van der Waals surface area contributed by atoms with Crippen LogP contribution in [0, 0.1) is 0 Å². The Morgan fingerprint density at radius 3 is 2.50 bits per heavy atom. The van der Waals surface area contributed by atoms with Gasteiger partial charge in [0.1, 0.15) is 0 Å². The van der Waals surface area contributed by atoms with E-state index >= 15 is 0 Å². The van der Waals surface area contributed by atoms with E-state index in [-0.39, 0.29) is 5.41 Å². The normalized spacial score (nSPS) is 17.5. The Morgan fingerprint density at radius 1 is 1.38 bits per heavy atom. The van der Waals surface area contributed by atoms with Crippen molar-refractivity contribution in [1.29, 1.82) is 0 Å². The van der Waals surface area contributed by atoms with E-state index in [0.717, 1.165) is 12.5 Å². The summed E-state index contributed by atoms with van der Waals surface area (Å²) < 4.78 is 0. The van der Waals surface area contributed by atoms with Gasteiger partial charge in [0.25, 0.3) is 0 Å². The Morgan fingerprint density at radius 2 is 2.06 bits per heavy atom. The first-order valence-corrected chi connectivity index (χ1v) is 6.98. The maximum atomic E-state index is 4.90. The number of rotatable bonds is 3. The van der Waals surface area contributed by atoms with Crippen molar-refractivity contribution < 1.29 is 0 Å². The van der Waals surface area contributed by atoms with Gasteiger partial charge in [0, 0.05) is 22.8 Å². The van der Waals surface area contributed by atoms with Crippen LogP contribution in [0.1, 0.15) is 61.5 Å². The highest BCUT2D eigenvalue weighted by molar-refractivity contribution is 7.11. The van der Waals surface area contributed by atoms with Crippen LogP contribution in [0.2, 0.25) is 0 Å². The maximum Gasteiger partial charge on any atom is 0.0962 e. The largest absolute Gasteiger partial charge is 0.315 e. The first-order chi connectivity index (χ1) is 7.52. The van der Waals surface area contributed by atoms with Crippen molar-refractivity contribution >= 4 is 11.3 Å². The molecule has 1 N–H and O–H groups in total. The minimum Gasteiger partial charge on any atom is -0.315 e. The van der Waals surface area contributed by atoms with Crippen molar-refractivity contribution in [2.45, 2.75) is 57.9 Å². The molecule has 0 aliphatic heterocycles. The Bertz CT molecular complexity index is 358. The Balaban J connectivity index is 2.29. The topological polar surface area (TPSA) is 24.9 Å². The van der Waals surface area contributed by atoms with Gasteiger partial charge in [-0.05, 0) is 19.9 Å². The van der Waals surface area contributed by atoms with Gasteiger partial charge in [0.2, 0.25) is 0 Å². The van der Waals surface area contributed by atoms with E-state index in [1.807, 2.05) is 18.4 Å². The molecule has 16 heavy (non-hydrogen) atoms. The third-order valence-corrected chi connectivity index (χ3v) is 4.43. The molecule has 2 rings (SSSR count). The minimum absolute atomic E-state index is 0.171. The zero-order valence-electron chi connectivity index (χ0n) is 10.8. The molecule has 0 bridgehead atoms. The Kier molecular flexibility index (Phi) is 3.36. The summed E-state index contributed by atoms with van der Waals surface area (Å²) in [7, 11) is 2.01. The van der Waals surface area contributed by atoms with E-state index in [9.17, 15) is 0 Å². The summed E-state index contributed by atoms with van der Waals surface area (Å²) in [4.78, 5) is 6.33. The zero-order chi connectivity index (χ0) is 11.8. The standard InChI is InChI=1S/C13H22N2S/c1-13(2,3)11-10(8-14-4)16-12(15-11)9-6-5-7-9/h9,14H,5-8H2,1-4H3. The summed E-state index contributed by atoms with van der Waals surface area (Å²) in [5, 5.41) is 4.63. The molecule has 1 aliphatic rings. The van der Waals surface area contributed by atoms with Crippen LogP contribution in [0.5, 0.6) is 0 Å². The lowest BCUT2D eigenvalue weighted by molar-refractivity contribution is 0.416. The summed E-state index contributed by atoms with van der Waals surface area (Å²) >= 11 is 1.92. The molecule has 1 saturated carbocycles. The molecule has 0 unspecified atom stereocenters. The Hall–Kier alpha value is -0.410. The van der Waals surface area contributed by atoms with E-state index in [1.54, 1.807) is 0 Å². The first kappa shape index (κ1) is 12.1. The molecule has 0 spiro atoms. The lowest BCUT2D eigenvalue weighted by Gasteiger charge is -2.23. The van der Waals surface area contributed by atoms with Gasteiger partial charge in [-0.3, -0.25) is 0 Å². The van der Waals surface area contributed by atoms with Crippen LogP contribution in [-0.2, 0) is 12.0 Å². The second-order valence-electron chi connectivity index (χ2n) is 5.73. The fourth-order valence-electron chi connectivity index (χ4n) is 2.07. The molecular formula is C13H22N2S. The van der Waals surface area contributed by atoms with Gasteiger partial charge in [-0.1, -0.05) is 27.2 Å². The molecule has 0 saturated heterocycles. The lowest BCUT2D eigenvalue weighted by atomic mass is 9.86. The minimum atomic E-state index is 0.171. The van der Waals surface area contributed by atoms with Gasteiger partial charge >= 0.3 is 0 Å². The predicted octanol–water partition coefficient (Wildman–Crippen LogP) is 3.43. The van der Waals surface area contributed by atoms with Crippen LogP contribution in [0.4, 0.5) is 0 Å². The molecule has 2 nitrogen and oxygen atoms in total. The third-order valence-electron chi connectivity index (χ3n) is 3.22. The molecule has 0 aromatic carbocycles. The summed E-state index contributed by atoms with van der Waals surface area (Å²) in [6, 6.07) is 0. The maximum absolute atomic E-state index is 4.90. The molecule has 3 heteroatoms. The second-order valence-corrected chi connectivity index (χ2v) is 6.85. The van der Waals surface area contributed by atoms with Crippen molar-refractivity contribution in [1.82, 2.24) is 10.3 Å². The number of hydrogen-bond donors (Lipinski definition) is 1. The van der Waals surface area contributed by atoms with E-state index in [2.05, 4.69) is 26.1 Å². The van der Waals surface area contributed by atoms with Crippen molar-refractivity contribution in [3.8, 4) is 0 Å². The molecule has 90 valence electrons. The van der Waals surface area contributed by atoms with Gasteiger partial charge in [-0.2, -0.15) is 0 Å². The highest BCUT2D eigenvalue weighted by Gasteiger charge is 2.28. The van der Waals surface area contributed by atoms with E-state index in [0.29, 0.717) is 0 Å². The van der Waals surface area contributed by atoms with Crippen LogP contribution in [0.3, 0.4) is 0 Å². The van der Waals surface area contributed by atoms with Gasteiger partial charge in [0.15, 0.2) is 0 Å². The third kappa shape index (κ3) is 2.30. The fraction of sp³-hybridized carbons (Fsp3) is 0.769. The van der Waals surface area contributed by atoms with Crippen molar-refractivity contribution in [3.05, 3.63) is 15.6 Å². The predicted molar refractivity (Wildman–Crippen MR) is 70.2 cm³/mol. The van der Waals surface area contributed by atoms with Crippen LogP contribution in [-0.4, -0.2) is 12.0 Å². The molecule has 0 atom stereocenters. The first-order valence-electron chi connectivity index (χ1n) is 6.17. The number of nitrogens with one attached hydrogen (secondary N) is 1. The number of thiazole rings is 1. The van der Waals surface area contributed by atoms with Crippen molar-refractivity contribution in [3.63, 3.8) is 0 Å². The molecule has 0 amide bonds. The van der Waals surface area contributed by atoms with E-state index in [4.69, 9.17) is 4.98 Å². The van der Waals surface area contributed by atoms with Gasteiger partial charge in [0.05, 0.1) is 10.7 Å². The number of aromatic nitrogens is 1. The summed E-state index contributed by atoms with van der Waals surface area (Å²) in [6.07, 6.45) is 4.07. The number of nitrogens with zero attached hydrogens (tertiary/aromatic N) is 1. The van der Waals surface area contributed by atoms with Gasteiger partial charge in [-0.15, -0.1) is 11.3 Å². The molecule has 1 aliphatic carbocycles. The summed E-state index contributed by atoms with van der Waals surface area (Å²) in [6.45, 7) is 7.72. The lowest BCUT2D eigenvalue weighted by Crippen LogP contribution is -2.17. The van der Waals surface area contributed by atoms with Gasteiger partial charge in [-0.25, -0.2) is 4.98 Å². The highest BCUT2D eigenvalue weighted by atomic mass is 32.1. The zero-order valence-corrected chi connectivity index (χ0v) is 11.6. The molecule has 1 fully saturated rings. The SMILES string of the molecule is CNCc1sc(C2CCC2)nc1C(C)(C)C. The van der Waals surface area contributed by atoms with E-state index in [1.165, 1.54) is 34.8 Å². The molecular weight excluding hydrogens is 216 g/mol. The molecule has 0 radical (unpaired) electrons. The fourth-order valence-corrected chi connectivity index (χ4v) is 3.52. The van der Waals surface area contributed by atoms with Crippen LogP contribution in [0.25, 0.3) is 0 Å². The quantitative estimate of drug-likeness (QED) is 0.872. The highest BCUT2D eigenvalue weighted by Crippen LogP contribution is 2.41. The number of hydrogen-bond acceptors (Lipinski definition) is 3. The van der Waals surface area contributed by atoms with Crippen molar-refractivity contribution in [2.75, 3.05) is 7.05 Å². The summed E-state index contributed by atoms with van der Waals surface area (Å²) in [5.74, 6) is 0.761. The van der Waals surface area contributed by atoms with Crippen LogP contribution < -0.4 is 5.32 Å². The average Bonchev–Trinajstić information content (AvgIpc) is 2.45. The van der Waals surface area contributed by atoms with Crippen LogP contribution >= 0.6 is 11.3 Å². The van der Waals surface area contributed by atoms with E-state index < -0.39 is 0 Å². The van der Waals surface area contributed by atoms with Crippen molar-refractivity contribution in [2.24, 2.45) is 0 Å². The molecule has 1 aromatic rings. The van der Waals surface area contributed by atoms with Gasteiger partial charge < -0.3 is 5.32 Å². The molecule has 1 aromatic heterocycles. The average molecular weight is 238 g/mol. The molecule has 1 heterocycles. The second kappa shape index (κ2) is 4.46. The smallest absolute Gasteiger partial charge is 0.0962 e. The van der Waals surface area contributed by atoms with Crippen LogP contribution in [0.15, 0.2) is 0 Å². The Labute approximate surface area is 102 Å². The summed E-state index contributed by atoms with van der Waals surface area (Å²) in [5.41, 5.74) is 1.47.